The lowest BCUT2D eigenvalue weighted by atomic mass is 9.96. The molecule has 1 atom stereocenters. The number of Topliss-reactive ketones (excluding diaryl/α,β-unsaturated/α-hetero) is 1. The Bertz CT molecular complexity index is 105. The molecule has 0 aromatic rings. The predicted molar refractivity (Wildman–Crippen MR) is 43.9 cm³/mol. The number of carbonyl (C=O) groups is 1. The zero-order chi connectivity index (χ0) is 8.15. The first kappa shape index (κ1) is 9.67. The Labute approximate surface area is 63.8 Å². The largest absolute Gasteiger partial charge is 0.299 e. The van der Waals surface area contributed by atoms with Crippen LogP contribution in [0.2, 0.25) is 0 Å². The Hall–Kier alpha value is -0.330. The van der Waals surface area contributed by atoms with Crippen molar-refractivity contribution in [2.75, 3.05) is 0 Å². The molecule has 0 spiro atoms. The fraction of sp³-hybridized carbons (Fsp3) is 0.889. The predicted octanol–water partition coefficient (Wildman–Crippen LogP) is 2.65. The van der Waals surface area contributed by atoms with Crippen molar-refractivity contribution >= 4 is 5.78 Å². The van der Waals surface area contributed by atoms with Gasteiger partial charge in [-0.05, 0) is 5.92 Å². The first-order valence-corrected chi connectivity index (χ1v) is 4.10. The lowest BCUT2D eigenvalue weighted by Gasteiger charge is -2.08. The van der Waals surface area contributed by atoms with Gasteiger partial charge >= 0.3 is 0 Å². The Morgan fingerprint density at radius 1 is 1.30 bits per heavy atom. The molecule has 0 fully saturated rings. The molecule has 0 aliphatic rings. The fourth-order valence-corrected chi connectivity index (χ4v) is 0.723. The summed E-state index contributed by atoms with van der Waals surface area (Å²) in [6, 6.07) is 0. The lowest BCUT2D eigenvalue weighted by molar-refractivity contribution is -0.122. The summed E-state index contributed by atoms with van der Waals surface area (Å²) in [5, 5.41) is 0. The van der Waals surface area contributed by atoms with E-state index in [4.69, 9.17) is 0 Å². The molecule has 0 rings (SSSR count). The van der Waals surface area contributed by atoms with Gasteiger partial charge in [-0.25, -0.2) is 0 Å². The van der Waals surface area contributed by atoms with Crippen molar-refractivity contribution in [1.29, 1.82) is 0 Å². The molecule has 0 N–H and O–H groups in total. The van der Waals surface area contributed by atoms with Gasteiger partial charge in [-0.2, -0.15) is 0 Å². The van der Waals surface area contributed by atoms with Crippen LogP contribution >= 0.6 is 0 Å². The van der Waals surface area contributed by atoms with Gasteiger partial charge in [-0.15, -0.1) is 0 Å². The van der Waals surface area contributed by atoms with E-state index in [1.165, 1.54) is 0 Å². The topological polar surface area (TPSA) is 17.1 Å². The van der Waals surface area contributed by atoms with Gasteiger partial charge in [0.2, 0.25) is 0 Å². The first-order valence-electron chi connectivity index (χ1n) is 4.10. The summed E-state index contributed by atoms with van der Waals surface area (Å²) in [4.78, 5) is 11.1. The molecule has 0 aromatic carbocycles. The van der Waals surface area contributed by atoms with E-state index in [0.717, 1.165) is 12.8 Å². The lowest BCUT2D eigenvalue weighted by Crippen LogP contribution is -2.10. The number of ketones is 1. The molecule has 0 heterocycles. The minimum Gasteiger partial charge on any atom is -0.299 e. The molecule has 0 aromatic heterocycles. The Morgan fingerprint density at radius 3 is 2.10 bits per heavy atom. The third-order valence-corrected chi connectivity index (χ3v) is 1.89. The highest BCUT2D eigenvalue weighted by Gasteiger charge is 2.10. The molecule has 0 saturated heterocycles. The molecule has 0 aliphatic carbocycles. The van der Waals surface area contributed by atoms with Crippen molar-refractivity contribution in [2.24, 2.45) is 11.8 Å². The minimum absolute atomic E-state index is 0.217. The molecular weight excluding hydrogens is 124 g/mol. The maximum Gasteiger partial charge on any atom is 0.135 e. The summed E-state index contributed by atoms with van der Waals surface area (Å²) in [6.07, 6.45) is 1.87. The summed E-state index contributed by atoms with van der Waals surface area (Å²) in [6.45, 7) is 8.17. The van der Waals surface area contributed by atoms with Gasteiger partial charge in [-0.3, -0.25) is 4.79 Å². The van der Waals surface area contributed by atoms with E-state index in [0.29, 0.717) is 11.7 Å². The average Bonchev–Trinajstić information content (AvgIpc) is 1.87. The molecule has 1 heteroatoms. The Morgan fingerprint density at radius 2 is 1.80 bits per heavy atom. The van der Waals surface area contributed by atoms with E-state index in [9.17, 15) is 4.79 Å². The summed E-state index contributed by atoms with van der Waals surface area (Å²) in [7, 11) is 0. The number of rotatable bonds is 4. The van der Waals surface area contributed by atoms with E-state index >= 15 is 0 Å². The van der Waals surface area contributed by atoms with Crippen LogP contribution in [0, 0.1) is 11.8 Å². The van der Waals surface area contributed by atoms with Crippen LogP contribution in [0.4, 0.5) is 0 Å². The Kier molecular flexibility index (Phi) is 4.33. The van der Waals surface area contributed by atoms with Crippen LogP contribution in [0.1, 0.15) is 40.5 Å². The van der Waals surface area contributed by atoms with Crippen molar-refractivity contribution in [3.05, 3.63) is 0 Å². The van der Waals surface area contributed by atoms with Crippen molar-refractivity contribution in [3.63, 3.8) is 0 Å². The van der Waals surface area contributed by atoms with Crippen LogP contribution in [0.15, 0.2) is 0 Å². The number of hydrogen-bond acceptors (Lipinski definition) is 1. The molecule has 0 aliphatic heterocycles. The third kappa shape index (κ3) is 3.65. The van der Waals surface area contributed by atoms with Gasteiger partial charge in [0.1, 0.15) is 5.78 Å². The summed E-state index contributed by atoms with van der Waals surface area (Å²) in [5.74, 6) is 1.18. The second-order valence-electron chi connectivity index (χ2n) is 3.34. The summed E-state index contributed by atoms with van der Waals surface area (Å²) in [5.41, 5.74) is 0. The summed E-state index contributed by atoms with van der Waals surface area (Å²) >= 11 is 0. The molecule has 0 radical (unpaired) electrons. The van der Waals surface area contributed by atoms with E-state index in [1.807, 2.05) is 13.8 Å². The fourth-order valence-electron chi connectivity index (χ4n) is 0.723. The monoisotopic (exact) mass is 142 g/mol. The van der Waals surface area contributed by atoms with Gasteiger partial charge in [0.15, 0.2) is 0 Å². The number of hydrogen-bond donors (Lipinski definition) is 0. The highest BCUT2D eigenvalue weighted by molar-refractivity contribution is 5.80. The van der Waals surface area contributed by atoms with Crippen molar-refractivity contribution in [1.82, 2.24) is 0 Å². The van der Waals surface area contributed by atoms with Crippen LogP contribution in [0.5, 0.6) is 0 Å². The molecule has 0 bridgehead atoms. The van der Waals surface area contributed by atoms with Gasteiger partial charge in [0, 0.05) is 12.3 Å². The van der Waals surface area contributed by atoms with E-state index in [2.05, 4.69) is 13.8 Å². The minimum atomic E-state index is 0.217. The molecule has 0 saturated carbocycles. The standard InChI is InChI=1S/C9H18O/c1-5-8(4)6-9(10)7(2)3/h7-8H,5-6H2,1-4H3. The molecular formula is C9H18O. The van der Waals surface area contributed by atoms with Gasteiger partial charge in [-0.1, -0.05) is 34.1 Å². The molecule has 0 amide bonds. The van der Waals surface area contributed by atoms with Gasteiger partial charge in [0.25, 0.3) is 0 Å². The van der Waals surface area contributed by atoms with E-state index in [1.54, 1.807) is 0 Å². The molecule has 10 heavy (non-hydrogen) atoms. The van der Waals surface area contributed by atoms with Crippen molar-refractivity contribution in [2.45, 2.75) is 40.5 Å². The van der Waals surface area contributed by atoms with Crippen molar-refractivity contribution in [3.8, 4) is 0 Å². The SMILES string of the molecule is CCC(C)CC(=O)C(C)C. The van der Waals surface area contributed by atoms with Gasteiger partial charge < -0.3 is 0 Å². The quantitative estimate of drug-likeness (QED) is 0.589. The Balaban J connectivity index is 3.57. The second kappa shape index (κ2) is 4.48. The smallest absolute Gasteiger partial charge is 0.135 e. The normalized spacial score (nSPS) is 13.7. The van der Waals surface area contributed by atoms with Crippen LogP contribution in [-0.4, -0.2) is 5.78 Å². The number of carbonyl (C=O) groups excluding carboxylic acids is 1. The third-order valence-electron chi connectivity index (χ3n) is 1.89. The maximum absolute atomic E-state index is 11.1. The van der Waals surface area contributed by atoms with Crippen LogP contribution in [0.3, 0.4) is 0 Å². The zero-order valence-corrected chi connectivity index (χ0v) is 7.48. The summed E-state index contributed by atoms with van der Waals surface area (Å²) < 4.78 is 0. The van der Waals surface area contributed by atoms with Crippen LogP contribution in [-0.2, 0) is 4.79 Å². The second-order valence-corrected chi connectivity index (χ2v) is 3.34. The van der Waals surface area contributed by atoms with Crippen molar-refractivity contribution < 1.29 is 4.79 Å². The molecule has 1 nitrogen and oxygen atoms in total. The van der Waals surface area contributed by atoms with Crippen LogP contribution in [0.25, 0.3) is 0 Å². The first-order chi connectivity index (χ1) is 4.57. The highest BCUT2D eigenvalue weighted by atomic mass is 16.1. The molecule has 60 valence electrons. The molecule has 1 unspecified atom stereocenters. The van der Waals surface area contributed by atoms with Crippen LogP contribution < -0.4 is 0 Å². The average molecular weight is 142 g/mol. The maximum atomic E-state index is 11.1. The highest BCUT2D eigenvalue weighted by Crippen LogP contribution is 2.10. The van der Waals surface area contributed by atoms with Gasteiger partial charge in [0.05, 0.1) is 0 Å². The zero-order valence-electron chi connectivity index (χ0n) is 7.48. The van der Waals surface area contributed by atoms with E-state index < -0.39 is 0 Å². The van der Waals surface area contributed by atoms with E-state index in [-0.39, 0.29) is 5.92 Å².